The fourth-order valence-corrected chi connectivity index (χ4v) is 2.88. The molecule has 0 spiro atoms. The van der Waals surface area contributed by atoms with Crippen LogP contribution < -0.4 is 10.2 Å². The number of ether oxygens (including phenoxy) is 1. The molecule has 128 valence electrons. The van der Waals surface area contributed by atoms with Crippen LogP contribution in [0.1, 0.15) is 18.2 Å². The number of nitrogens with zero attached hydrogens (tertiary/aromatic N) is 1. The Kier molecular flexibility index (Phi) is 5.80. The van der Waals surface area contributed by atoms with Crippen molar-refractivity contribution in [2.24, 2.45) is 0 Å². The summed E-state index contributed by atoms with van der Waals surface area (Å²) in [7, 11) is 0. The normalized spacial score (nSPS) is 11.8. The first-order valence-electron chi connectivity index (χ1n) is 7.19. The highest BCUT2D eigenvalue weighted by Gasteiger charge is 2.19. The van der Waals surface area contributed by atoms with E-state index in [9.17, 15) is 14.4 Å². The number of thiazole rings is 1. The summed E-state index contributed by atoms with van der Waals surface area (Å²) < 4.78 is 6.40. The van der Waals surface area contributed by atoms with Gasteiger partial charge in [-0.25, -0.2) is 0 Å². The van der Waals surface area contributed by atoms with Crippen molar-refractivity contribution < 1.29 is 14.3 Å². The Morgan fingerprint density at radius 2 is 2.08 bits per heavy atom. The van der Waals surface area contributed by atoms with Crippen LogP contribution in [0, 0.1) is 13.8 Å². The minimum absolute atomic E-state index is 0.220. The third-order valence-electron chi connectivity index (χ3n) is 3.40. The summed E-state index contributed by atoms with van der Waals surface area (Å²) >= 11 is 6.92. The van der Waals surface area contributed by atoms with Gasteiger partial charge in [0.15, 0.2) is 6.10 Å². The summed E-state index contributed by atoms with van der Waals surface area (Å²) in [6.07, 6.45) is -0.995. The zero-order chi connectivity index (χ0) is 17.9. The molecule has 8 heteroatoms. The third kappa shape index (κ3) is 4.46. The molecule has 0 bridgehead atoms. The van der Waals surface area contributed by atoms with Crippen LogP contribution in [0.25, 0.3) is 0 Å². The Morgan fingerprint density at radius 3 is 2.71 bits per heavy atom. The molecule has 2 aromatic rings. The van der Waals surface area contributed by atoms with Gasteiger partial charge < -0.3 is 10.1 Å². The largest absolute Gasteiger partial charge is 0.451 e. The first-order valence-corrected chi connectivity index (χ1v) is 8.45. The Morgan fingerprint density at radius 1 is 1.38 bits per heavy atom. The number of aromatic nitrogens is 1. The number of amides is 1. The number of esters is 1. The predicted octanol–water partition coefficient (Wildman–Crippen LogP) is 2.75. The van der Waals surface area contributed by atoms with Crippen LogP contribution >= 0.6 is 22.9 Å². The molecule has 2 rings (SSSR count). The lowest BCUT2D eigenvalue weighted by Crippen LogP contribution is -2.32. The van der Waals surface area contributed by atoms with Crippen LogP contribution in [0.5, 0.6) is 0 Å². The number of anilines is 1. The lowest BCUT2D eigenvalue weighted by atomic mass is 10.2. The topological polar surface area (TPSA) is 77.4 Å². The molecule has 0 unspecified atom stereocenters. The highest BCUT2D eigenvalue weighted by molar-refractivity contribution is 7.07. The average molecular weight is 369 g/mol. The van der Waals surface area contributed by atoms with E-state index in [0.717, 1.165) is 16.9 Å². The van der Waals surface area contributed by atoms with Crippen LogP contribution in [0.2, 0.25) is 5.02 Å². The zero-order valence-corrected chi connectivity index (χ0v) is 15.0. The number of halogens is 1. The van der Waals surface area contributed by atoms with Gasteiger partial charge in [0.2, 0.25) is 0 Å². The second-order valence-electron chi connectivity index (χ2n) is 5.31. The molecule has 0 saturated carbocycles. The number of benzene rings is 1. The summed E-state index contributed by atoms with van der Waals surface area (Å²) in [4.78, 5) is 35.4. The molecule has 0 aliphatic carbocycles. The first kappa shape index (κ1) is 18.2. The van der Waals surface area contributed by atoms with Crippen molar-refractivity contribution in [3.8, 4) is 0 Å². The second kappa shape index (κ2) is 7.63. The smallest absolute Gasteiger partial charge is 0.326 e. The quantitative estimate of drug-likeness (QED) is 0.823. The van der Waals surface area contributed by atoms with E-state index in [1.165, 1.54) is 11.5 Å². The van der Waals surface area contributed by atoms with E-state index in [-0.39, 0.29) is 11.4 Å². The number of rotatable bonds is 5. The summed E-state index contributed by atoms with van der Waals surface area (Å²) in [6.45, 7) is 4.80. The Hall–Kier alpha value is -2.12. The molecule has 0 radical (unpaired) electrons. The molecule has 1 atom stereocenters. The van der Waals surface area contributed by atoms with Crippen LogP contribution in [0.15, 0.2) is 28.4 Å². The summed E-state index contributed by atoms with van der Waals surface area (Å²) in [6, 6.07) is 5.12. The Balaban J connectivity index is 1.97. The monoisotopic (exact) mass is 368 g/mol. The van der Waals surface area contributed by atoms with Crippen LogP contribution in [-0.4, -0.2) is 22.5 Å². The maximum absolute atomic E-state index is 12.1. The van der Waals surface area contributed by atoms with E-state index in [1.807, 2.05) is 6.92 Å². The number of carbonyl (C=O) groups excluding carboxylic acids is 2. The van der Waals surface area contributed by atoms with Gasteiger partial charge >= 0.3 is 10.8 Å². The molecule has 6 nitrogen and oxygen atoms in total. The second-order valence-corrected chi connectivity index (χ2v) is 6.57. The standard InChI is InChI=1S/C16H17ClN2O4S/c1-9-4-5-12(17)6-13(9)18-15(21)11(3)23-14(20)7-19-10(2)8-24-16(19)22/h4-6,8,11H,7H2,1-3H3,(H,18,21)/t11-/m1/s1. The number of hydrogen-bond donors (Lipinski definition) is 1. The molecule has 1 aromatic heterocycles. The SMILES string of the molecule is Cc1ccc(Cl)cc1NC(=O)[C@@H](C)OC(=O)Cn1c(C)csc1=O. The number of nitrogens with one attached hydrogen (secondary N) is 1. The summed E-state index contributed by atoms with van der Waals surface area (Å²) in [5.74, 6) is -1.12. The van der Waals surface area contributed by atoms with E-state index in [1.54, 1.807) is 30.5 Å². The van der Waals surface area contributed by atoms with Crippen LogP contribution in [0.4, 0.5) is 5.69 Å². The first-order chi connectivity index (χ1) is 11.3. The molecule has 0 fully saturated rings. The highest BCUT2D eigenvalue weighted by Crippen LogP contribution is 2.20. The number of hydrogen-bond acceptors (Lipinski definition) is 5. The summed E-state index contributed by atoms with van der Waals surface area (Å²) in [5.41, 5.74) is 2.07. The molecular weight excluding hydrogens is 352 g/mol. The fraction of sp³-hybridized carbons (Fsp3) is 0.312. The van der Waals surface area contributed by atoms with Gasteiger partial charge in [-0.15, -0.1) is 0 Å². The lowest BCUT2D eigenvalue weighted by molar-refractivity contribution is -0.153. The van der Waals surface area contributed by atoms with Gasteiger partial charge in [0.05, 0.1) is 0 Å². The van der Waals surface area contributed by atoms with E-state index in [0.29, 0.717) is 16.4 Å². The lowest BCUT2D eigenvalue weighted by Gasteiger charge is -2.15. The van der Waals surface area contributed by atoms with Crippen molar-refractivity contribution in [2.45, 2.75) is 33.4 Å². The number of aryl methyl sites for hydroxylation is 2. The van der Waals surface area contributed by atoms with Crippen molar-refractivity contribution in [3.05, 3.63) is 49.5 Å². The molecule has 0 saturated heterocycles. The van der Waals surface area contributed by atoms with Crippen molar-refractivity contribution in [1.82, 2.24) is 4.57 Å². The van der Waals surface area contributed by atoms with Crippen molar-refractivity contribution >= 4 is 40.5 Å². The van der Waals surface area contributed by atoms with Gasteiger partial charge in [0, 0.05) is 21.8 Å². The maximum atomic E-state index is 12.1. The van der Waals surface area contributed by atoms with Gasteiger partial charge in [-0.3, -0.25) is 19.0 Å². The van der Waals surface area contributed by atoms with E-state index >= 15 is 0 Å². The molecule has 1 N–H and O–H groups in total. The number of carbonyl (C=O) groups is 2. The molecule has 1 heterocycles. The molecule has 24 heavy (non-hydrogen) atoms. The highest BCUT2D eigenvalue weighted by atomic mass is 35.5. The van der Waals surface area contributed by atoms with Crippen LogP contribution in [0.3, 0.4) is 0 Å². The van der Waals surface area contributed by atoms with E-state index in [2.05, 4.69) is 5.32 Å². The van der Waals surface area contributed by atoms with Gasteiger partial charge in [0.25, 0.3) is 5.91 Å². The average Bonchev–Trinajstić information content (AvgIpc) is 2.82. The summed E-state index contributed by atoms with van der Waals surface area (Å²) in [5, 5.41) is 4.82. The Labute approximate surface area is 148 Å². The molecule has 0 aliphatic rings. The molecule has 1 aromatic carbocycles. The van der Waals surface area contributed by atoms with Crippen LogP contribution in [-0.2, 0) is 20.9 Å². The molecular formula is C16H17ClN2O4S. The van der Waals surface area contributed by atoms with Crippen molar-refractivity contribution in [2.75, 3.05) is 5.32 Å². The predicted molar refractivity (Wildman–Crippen MR) is 93.7 cm³/mol. The van der Waals surface area contributed by atoms with Gasteiger partial charge in [0.1, 0.15) is 6.54 Å². The minimum Gasteiger partial charge on any atom is -0.451 e. The third-order valence-corrected chi connectivity index (χ3v) is 4.51. The molecule has 1 amide bonds. The van der Waals surface area contributed by atoms with Gasteiger partial charge in [-0.1, -0.05) is 29.0 Å². The maximum Gasteiger partial charge on any atom is 0.326 e. The zero-order valence-electron chi connectivity index (χ0n) is 13.5. The Bertz CT molecular complexity index is 828. The van der Waals surface area contributed by atoms with Crippen molar-refractivity contribution in [1.29, 1.82) is 0 Å². The van der Waals surface area contributed by atoms with Gasteiger partial charge in [-0.2, -0.15) is 0 Å². The fourth-order valence-electron chi connectivity index (χ4n) is 1.98. The van der Waals surface area contributed by atoms with E-state index < -0.39 is 18.0 Å². The molecule has 0 aliphatic heterocycles. The van der Waals surface area contributed by atoms with Crippen molar-refractivity contribution in [3.63, 3.8) is 0 Å². The van der Waals surface area contributed by atoms with E-state index in [4.69, 9.17) is 16.3 Å². The van der Waals surface area contributed by atoms with Gasteiger partial charge in [-0.05, 0) is 38.5 Å². The minimum atomic E-state index is -0.995.